The van der Waals surface area contributed by atoms with E-state index in [9.17, 15) is 0 Å². The lowest BCUT2D eigenvalue weighted by atomic mass is 10.1. The fourth-order valence-electron chi connectivity index (χ4n) is 2.16. The molecule has 0 spiro atoms. The fourth-order valence-corrected chi connectivity index (χ4v) is 2.16. The number of pyridine rings is 1. The Morgan fingerprint density at radius 3 is 2.47 bits per heavy atom. The third-order valence-electron chi connectivity index (χ3n) is 3.39. The van der Waals surface area contributed by atoms with E-state index in [0.717, 1.165) is 35.6 Å². The van der Waals surface area contributed by atoms with Crippen LogP contribution in [-0.4, -0.2) is 16.9 Å². The summed E-state index contributed by atoms with van der Waals surface area (Å²) in [5, 5.41) is 0. The van der Waals surface area contributed by atoms with Crippen molar-refractivity contribution >= 4 is 5.69 Å². The highest BCUT2D eigenvalue weighted by Gasteiger charge is 2.09. The van der Waals surface area contributed by atoms with Crippen molar-refractivity contribution < 1.29 is 0 Å². The van der Waals surface area contributed by atoms with E-state index in [4.69, 9.17) is 5.73 Å². The van der Waals surface area contributed by atoms with Gasteiger partial charge in [0.15, 0.2) is 0 Å². The topological polar surface area (TPSA) is 42.2 Å². The molecule has 0 saturated carbocycles. The molecule has 2 aromatic rings. The number of hydrogen-bond acceptors (Lipinski definition) is 3. The summed E-state index contributed by atoms with van der Waals surface area (Å²) in [5.74, 6) is 0. The van der Waals surface area contributed by atoms with Gasteiger partial charge in [0, 0.05) is 25.0 Å². The number of aryl methyl sites for hydroxylation is 1. The number of rotatable bonds is 4. The molecule has 19 heavy (non-hydrogen) atoms. The van der Waals surface area contributed by atoms with E-state index in [-0.39, 0.29) is 0 Å². The van der Waals surface area contributed by atoms with Crippen molar-refractivity contribution in [2.24, 2.45) is 0 Å². The molecule has 1 aromatic carbocycles. The van der Waals surface area contributed by atoms with Gasteiger partial charge in [-0.25, -0.2) is 0 Å². The maximum atomic E-state index is 6.05. The maximum Gasteiger partial charge on any atom is 0.0593 e. The molecule has 0 aliphatic rings. The summed E-state index contributed by atoms with van der Waals surface area (Å²) in [4.78, 5) is 6.75. The molecule has 0 fully saturated rings. The van der Waals surface area contributed by atoms with E-state index in [2.05, 4.69) is 41.2 Å². The lowest BCUT2D eigenvalue weighted by Gasteiger charge is -2.18. The van der Waals surface area contributed by atoms with Crippen molar-refractivity contribution in [3.63, 3.8) is 0 Å². The predicted molar refractivity (Wildman–Crippen MR) is 79.7 cm³/mol. The highest BCUT2D eigenvalue weighted by molar-refractivity contribution is 5.53. The zero-order valence-electron chi connectivity index (χ0n) is 11.9. The summed E-state index contributed by atoms with van der Waals surface area (Å²) < 4.78 is 0. The maximum absolute atomic E-state index is 6.05. The monoisotopic (exact) mass is 255 g/mol. The van der Waals surface area contributed by atoms with Gasteiger partial charge in [-0.2, -0.15) is 0 Å². The molecule has 0 radical (unpaired) electrons. The van der Waals surface area contributed by atoms with E-state index in [1.807, 2.05) is 26.1 Å². The Balaban J connectivity index is 2.07. The van der Waals surface area contributed by atoms with Gasteiger partial charge >= 0.3 is 0 Å². The Morgan fingerprint density at radius 1 is 1.11 bits per heavy atom. The molecule has 0 bridgehead atoms. The Kier molecular flexibility index (Phi) is 4.17. The third-order valence-corrected chi connectivity index (χ3v) is 3.39. The van der Waals surface area contributed by atoms with Crippen LogP contribution >= 0.6 is 0 Å². The van der Waals surface area contributed by atoms with Crippen molar-refractivity contribution in [2.45, 2.75) is 26.9 Å². The molecule has 3 nitrogen and oxygen atoms in total. The quantitative estimate of drug-likeness (QED) is 0.913. The normalized spacial score (nSPS) is 10.9. The average Bonchev–Trinajstić information content (AvgIpc) is 2.41. The zero-order chi connectivity index (χ0) is 13.8. The van der Waals surface area contributed by atoms with Gasteiger partial charge in [0.25, 0.3) is 0 Å². The second-order valence-electron chi connectivity index (χ2n) is 5.08. The fraction of sp³-hybridized carbons (Fsp3) is 0.312. The summed E-state index contributed by atoms with van der Waals surface area (Å²) in [7, 11) is 2.10. The summed E-state index contributed by atoms with van der Waals surface area (Å²) in [6.45, 7) is 5.76. The molecule has 0 aliphatic carbocycles. The number of hydrogen-bond donors (Lipinski definition) is 1. The van der Waals surface area contributed by atoms with Crippen LogP contribution in [0.1, 0.15) is 22.4 Å². The van der Waals surface area contributed by atoms with Gasteiger partial charge in [0.2, 0.25) is 0 Å². The predicted octanol–water partition coefficient (Wildman–Crippen LogP) is 2.91. The largest absolute Gasteiger partial charge is 0.398 e. The number of nitrogens with zero attached hydrogens (tertiary/aromatic N) is 2. The average molecular weight is 255 g/mol. The number of nitrogen functional groups attached to an aromatic ring is 1. The van der Waals surface area contributed by atoms with Crippen molar-refractivity contribution in [1.29, 1.82) is 0 Å². The van der Waals surface area contributed by atoms with E-state index >= 15 is 0 Å². The van der Waals surface area contributed by atoms with Gasteiger partial charge in [-0.1, -0.05) is 30.3 Å². The molecular weight excluding hydrogens is 234 g/mol. The smallest absolute Gasteiger partial charge is 0.0593 e. The SMILES string of the molecule is Cc1cnc(CN(C)Cc2ccccc2)c(C)c1N. The summed E-state index contributed by atoms with van der Waals surface area (Å²) >= 11 is 0. The van der Waals surface area contributed by atoms with Crippen LogP contribution < -0.4 is 5.73 Å². The minimum absolute atomic E-state index is 0.811. The molecule has 100 valence electrons. The molecule has 1 heterocycles. The molecule has 2 N–H and O–H groups in total. The Hall–Kier alpha value is -1.87. The van der Waals surface area contributed by atoms with E-state index in [0.29, 0.717) is 0 Å². The first-order valence-corrected chi connectivity index (χ1v) is 6.51. The standard InChI is InChI=1S/C16H21N3/c1-12-9-18-15(13(2)16(12)17)11-19(3)10-14-7-5-4-6-8-14/h4-9H,10-11H2,1-3H3,(H2,17,18). The number of aromatic nitrogens is 1. The molecule has 0 amide bonds. The minimum atomic E-state index is 0.811. The molecule has 3 heteroatoms. The van der Waals surface area contributed by atoms with Crippen LogP contribution in [-0.2, 0) is 13.1 Å². The lowest BCUT2D eigenvalue weighted by Crippen LogP contribution is -2.19. The van der Waals surface area contributed by atoms with Gasteiger partial charge in [-0.05, 0) is 37.6 Å². The lowest BCUT2D eigenvalue weighted by molar-refractivity contribution is 0.314. The second kappa shape index (κ2) is 5.85. The molecule has 1 aromatic heterocycles. The number of anilines is 1. The van der Waals surface area contributed by atoms with E-state index in [1.54, 1.807) is 0 Å². The van der Waals surface area contributed by atoms with E-state index in [1.165, 1.54) is 5.56 Å². The first kappa shape index (κ1) is 13.6. The summed E-state index contributed by atoms with van der Waals surface area (Å²) in [5.41, 5.74) is 11.4. The number of nitrogens with two attached hydrogens (primary N) is 1. The van der Waals surface area contributed by atoms with Gasteiger partial charge in [0.1, 0.15) is 0 Å². The van der Waals surface area contributed by atoms with Crippen LogP contribution in [0.4, 0.5) is 5.69 Å². The molecule has 0 unspecified atom stereocenters. The van der Waals surface area contributed by atoms with Crippen LogP contribution in [0.15, 0.2) is 36.5 Å². The van der Waals surface area contributed by atoms with Gasteiger partial charge in [-0.15, -0.1) is 0 Å². The van der Waals surface area contributed by atoms with Crippen molar-refractivity contribution in [3.8, 4) is 0 Å². The third kappa shape index (κ3) is 3.32. The van der Waals surface area contributed by atoms with Gasteiger partial charge in [0.05, 0.1) is 5.69 Å². The highest BCUT2D eigenvalue weighted by atomic mass is 15.1. The van der Waals surface area contributed by atoms with Gasteiger partial charge < -0.3 is 5.73 Å². The first-order valence-electron chi connectivity index (χ1n) is 6.51. The minimum Gasteiger partial charge on any atom is -0.398 e. The van der Waals surface area contributed by atoms with Crippen molar-refractivity contribution in [2.75, 3.05) is 12.8 Å². The van der Waals surface area contributed by atoms with Crippen LogP contribution in [0.3, 0.4) is 0 Å². The van der Waals surface area contributed by atoms with Gasteiger partial charge in [-0.3, -0.25) is 9.88 Å². The molecular formula is C16H21N3. The van der Waals surface area contributed by atoms with E-state index < -0.39 is 0 Å². The Bertz CT molecular complexity index is 549. The highest BCUT2D eigenvalue weighted by Crippen LogP contribution is 2.19. The molecule has 2 rings (SSSR count). The van der Waals surface area contributed by atoms with Crippen LogP contribution in [0, 0.1) is 13.8 Å². The first-order chi connectivity index (χ1) is 9.08. The van der Waals surface area contributed by atoms with Crippen LogP contribution in [0.2, 0.25) is 0 Å². The molecule has 0 aliphatic heterocycles. The molecule has 0 atom stereocenters. The Morgan fingerprint density at radius 2 is 1.79 bits per heavy atom. The summed E-state index contributed by atoms with van der Waals surface area (Å²) in [6.07, 6.45) is 1.86. The second-order valence-corrected chi connectivity index (χ2v) is 5.08. The molecule has 0 saturated heterocycles. The summed E-state index contributed by atoms with van der Waals surface area (Å²) in [6, 6.07) is 10.4. The zero-order valence-corrected chi connectivity index (χ0v) is 11.9. The van der Waals surface area contributed by atoms with Crippen molar-refractivity contribution in [3.05, 3.63) is 58.9 Å². The number of benzene rings is 1. The van der Waals surface area contributed by atoms with Crippen LogP contribution in [0.5, 0.6) is 0 Å². The Labute approximate surface area is 115 Å². The van der Waals surface area contributed by atoms with Crippen LogP contribution in [0.25, 0.3) is 0 Å². The van der Waals surface area contributed by atoms with Crippen molar-refractivity contribution in [1.82, 2.24) is 9.88 Å².